The molecule has 1 aromatic heterocycles. The molecule has 1 N–H and O–H groups in total. The van der Waals surface area contributed by atoms with Gasteiger partial charge >= 0.3 is 0 Å². The van der Waals surface area contributed by atoms with Crippen LogP contribution < -0.4 is 5.32 Å². The largest absolute Gasteiger partial charge is 0.383 e. The fourth-order valence-corrected chi connectivity index (χ4v) is 1.02. The first-order valence-corrected chi connectivity index (χ1v) is 4.28. The highest BCUT2D eigenvalue weighted by molar-refractivity contribution is 5.33. The Morgan fingerprint density at radius 3 is 2.77 bits per heavy atom. The average molecular weight is 181 g/mol. The predicted molar refractivity (Wildman–Crippen MR) is 51.7 cm³/mol. The van der Waals surface area contributed by atoms with E-state index in [2.05, 4.69) is 15.5 Å². The molecule has 4 nitrogen and oxygen atoms in total. The zero-order valence-electron chi connectivity index (χ0n) is 8.24. The minimum absolute atomic E-state index is 0.252. The molecule has 0 amide bonds. The molecule has 0 spiro atoms. The van der Waals surface area contributed by atoms with Gasteiger partial charge < -0.3 is 10.1 Å². The van der Waals surface area contributed by atoms with Crippen molar-refractivity contribution < 1.29 is 4.74 Å². The molecule has 13 heavy (non-hydrogen) atoms. The van der Waals surface area contributed by atoms with Gasteiger partial charge in [-0.05, 0) is 26.0 Å². The number of anilines is 1. The lowest BCUT2D eigenvalue weighted by Gasteiger charge is -2.12. The lowest BCUT2D eigenvalue weighted by atomic mass is 10.3. The highest BCUT2D eigenvalue weighted by Crippen LogP contribution is 2.02. The fourth-order valence-electron chi connectivity index (χ4n) is 1.02. The van der Waals surface area contributed by atoms with Crippen LogP contribution in [-0.2, 0) is 4.74 Å². The fraction of sp³-hybridized carbons (Fsp3) is 0.556. The predicted octanol–water partition coefficient (Wildman–Crippen LogP) is 1.23. The Bertz CT molecular complexity index is 248. The molecule has 0 aliphatic heterocycles. The van der Waals surface area contributed by atoms with Crippen molar-refractivity contribution in [2.75, 3.05) is 19.0 Å². The normalized spacial score (nSPS) is 12.5. The van der Waals surface area contributed by atoms with Crippen molar-refractivity contribution in [1.82, 2.24) is 10.2 Å². The highest BCUT2D eigenvalue weighted by atomic mass is 16.5. The van der Waals surface area contributed by atoms with Crippen molar-refractivity contribution in [3.8, 4) is 0 Å². The van der Waals surface area contributed by atoms with Crippen LogP contribution in [0.1, 0.15) is 12.6 Å². The van der Waals surface area contributed by atoms with E-state index in [1.807, 2.05) is 26.0 Å². The molecular weight excluding hydrogens is 166 g/mol. The standard InChI is InChI=1S/C9H15N3O/c1-7-4-5-9(12-11-7)10-8(2)6-13-3/h4-5,8H,6H2,1-3H3,(H,10,12). The van der Waals surface area contributed by atoms with E-state index in [0.29, 0.717) is 6.61 Å². The van der Waals surface area contributed by atoms with Crippen molar-refractivity contribution in [3.05, 3.63) is 17.8 Å². The number of aryl methyl sites for hydroxylation is 1. The zero-order chi connectivity index (χ0) is 9.68. The van der Waals surface area contributed by atoms with Crippen LogP contribution in [0.5, 0.6) is 0 Å². The molecule has 1 aromatic rings. The molecule has 72 valence electrons. The summed E-state index contributed by atoms with van der Waals surface area (Å²) in [5, 5.41) is 11.1. The summed E-state index contributed by atoms with van der Waals surface area (Å²) < 4.78 is 4.99. The molecule has 0 fully saturated rings. The summed E-state index contributed by atoms with van der Waals surface area (Å²) in [5.74, 6) is 0.787. The molecule has 0 aliphatic carbocycles. The molecule has 1 rings (SSSR count). The first-order chi connectivity index (χ1) is 6.22. The van der Waals surface area contributed by atoms with Crippen LogP contribution in [0, 0.1) is 6.92 Å². The van der Waals surface area contributed by atoms with E-state index < -0.39 is 0 Å². The topological polar surface area (TPSA) is 47.0 Å². The van der Waals surface area contributed by atoms with Gasteiger partial charge in [-0.3, -0.25) is 0 Å². The van der Waals surface area contributed by atoms with E-state index in [1.54, 1.807) is 7.11 Å². The maximum Gasteiger partial charge on any atom is 0.148 e. The Hall–Kier alpha value is -1.16. The molecule has 0 saturated heterocycles. The van der Waals surface area contributed by atoms with E-state index >= 15 is 0 Å². The average Bonchev–Trinajstić information content (AvgIpc) is 2.09. The van der Waals surface area contributed by atoms with E-state index in [4.69, 9.17) is 4.74 Å². The molecule has 0 aliphatic rings. The maximum absolute atomic E-state index is 4.99. The Balaban J connectivity index is 2.49. The van der Waals surface area contributed by atoms with E-state index in [0.717, 1.165) is 11.5 Å². The van der Waals surface area contributed by atoms with Gasteiger partial charge in [-0.2, -0.15) is 5.10 Å². The second kappa shape index (κ2) is 4.77. The molecule has 1 heterocycles. The minimum atomic E-state index is 0.252. The lowest BCUT2D eigenvalue weighted by molar-refractivity contribution is 0.190. The molecule has 0 aromatic carbocycles. The smallest absolute Gasteiger partial charge is 0.148 e. The van der Waals surface area contributed by atoms with Crippen LogP contribution >= 0.6 is 0 Å². The second-order valence-corrected chi connectivity index (χ2v) is 3.06. The van der Waals surface area contributed by atoms with Crippen LogP contribution in [0.25, 0.3) is 0 Å². The second-order valence-electron chi connectivity index (χ2n) is 3.06. The summed E-state index contributed by atoms with van der Waals surface area (Å²) in [6, 6.07) is 4.09. The summed E-state index contributed by atoms with van der Waals surface area (Å²) in [4.78, 5) is 0. The molecule has 0 radical (unpaired) electrons. The monoisotopic (exact) mass is 181 g/mol. The molecule has 0 bridgehead atoms. The van der Waals surface area contributed by atoms with Crippen molar-refractivity contribution in [2.24, 2.45) is 0 Å². The van der Waals surface area contributed by atoms with Crippen LogP contribution in [0.3, 0.4) is 0 Å². The van der Waals surface area contributed by atoms with Gasteiger partial charge in [0.2, 0.25) is 0 Å². The Kier molecular flexibility index (Phi) is 3.64. The Morgan fingerprint density at radius 1 is 1.46 bits per heavy atom. The molecule has 0 saturated carbocycles. The van der Waals surface area contributed by atoms with E-state index in [9.17, 15) is 0 Å². The maximum atomic E-state index is 4.99. The third kappa shape index (κ3) is 3.38. The summed E-state index contributed by atoms with van der Waals surface area (Å²) in [5.41, 5.74) is 0.921. The minimum Gasteiger partial charge on any atom is -0.383 e. The van der Waals surface area contributed by atoms with Gasteiger partial charge in [-0.15, -0.1) is 5.10 Å². The highest BCUT2D eigenvalue weighted by Gasteiger charge is 2.01. The first-order valence-electron chi connectivity index (χ1n) is 4.28. The zero-order valence-corrected chi connectivity index (χ0v) is 8.24. The lowest BCUT2D eigenvalue weighted by Crippen LogP contribution is -2.21. The number of rotatable bonds is 4. The third-order valence-electron chi connectivity index (χ3n) is 1.61. The number of hydrogen-bond donors (Lipinski definition) is 1. The molecular formula is C9H15N3O. The van der Waals surface area contributed by atoms with Gasteiger partial charge in [0.25, 0.3) is 0 Å². The van der Waals surface area contributed by atoms with Gasteiger partial charge in [-0.1, -0.05) is 0 Å². The molecule has 4 heteroatoms. The van der Waals surface area contributed by atoms with Crippen molar-refractivity contribution >= 4 is 5.82 Å². The quantitative estimate of drug-likeness (QED) is 0.759. The first kappa shape index (κ1) is 9.92. The summed E-state index contributed by atoms with van der Waals surface area (Å²) in [7, 11) is 1.68. The van der Waals surface area contributed by atoms with Gasteiger partial charge in [0, 0.05) is 13.2 Å². The summed E-state index contributed by atoms with van der Waals surface area (Å²) in [6.45, 7) is 4.61. The van der Waals surface area contributed by atoms with Crippen LogP contribution in [0.2, 0.25) is 0 Å². The number of nitrogens with one attached hydrogen (secondary N) is 1. The van der Waals surface area contributed by atoms with Crippen molar-refractivity contribution in [2.45, 2.75) is 19.9 Å². The number of aromatic nitrogens is 2. The number of hydrogen-bond acceptors (Lipinski definition) is 4. The van der Waals surface area contributed by atoms with Crippen LogP contribution in [-0.4, -0.2) is 30.0 Å². The van der Waals surface area contributed by atoms with Crippen molar-refractivity contribution in [3.63, 3.8) is 0 Å². The van der Waals surface area contributed by atoms with Gasteiger partial charge in [0.1, 0.15) is 5.82 Å². The van der Waals surface area contributed by atoms with Crippen molar-refractivity contribution in [1.29, 1.82) is 0 Å². The Morgan fingerprint density at radius 2 is 2.23 bits per heavy atom. The Labute approximate surface area is 78.3 Å². The van der Waals surface area contributed by atoms with Gasteiger partial charge in [0.05, 0.1) is 12.3 Å². The van der Waals surface area contributed by atoms with Gasteiger partial charge in [0.15, 0.2) is 0 Å². The number of nitrogens with zero attached hydrogens (tertiary/aromatic N) is 2. The number of methoxy groups -OCH3 is 1. The summed E-state index contributed by atoms with van der Waals surface area (Å²) in [6.07, 6.45) is 0. The van der Waals surface area contributed by atoms with E-state index in [1.165, 1.54) is 0 Å². The molecule has 1 atom stereocenters. The molecule has 1 unspecified atom stereocenters. The van der Waals surface area contributed by atoms with Crippen LogP contribution in [0.4, 0.5) is 5.82 Å². The SMILES string of the molecule is COCC(C)Nc1ccc(C)nn1. The third-order valence-corrected chi connectivity index (χ3v) is 1.61. The van der Waals surface area contributed by atoms with Crippen LogP contribution in [0.15, 0.2) is 12.1 Å². The summed E-state index contributed by atoms with van der Waals surface area (Å²) >= 11 is 0. The van der Waals surface area contributed by atoms with Gasteiger partial charge in [-0.25, -0.2) is 0 Å². The van der Waals surface area contributed by atoms with E-state index in [-0.39, 0.29) is 6.04 Å². The number of ether oxygens (including phenoxy) is 1.